The highest BCUT2D eigenvalue weighted by atomic mass is 79.9. The van der Waals surface area contributed by atoms with Crippen molar-refractivity contribution < 1.29 is 0 Å². The van der Waals surface area contributed by atoms with Crippen molar-refractivity contribution >= 4 is 66.4 Å². The second-order valence-electron chi connectivity index (χ2n) is 4.32. The van der Waals surface area contributed by atoms with Crippen molar-refractivity contribution in [3.8, 4) is 0 Å². The highest BCUT2D eigenvalue weighted by Gasteiger charge is 2.02. The van der Waals surface area contributed by atoms with Crippen LogP contribution >= 0.6 is 55.1 Å². The molecule has 0 aromatic carbocycles. The standard InChI is InChI=1S/C8H10BrClN2.C5H4BrClN2/c1-5(2)12-7-3-6(9)4-11-8(7)10;6-3-1-4(8)5(7)9-2-3/h3-5,12H,1-2H3;1-2H,8H2. The van der Waals surface area contributed by atoms with Crippen LogP contribution in [-0.4, -0.2) is 16.0 Å². The summed E-state index contributed by atoms with van der Waals surface area (Å²) < 4.78 is 1.76. The molecule has 2 aromatic rings. The Morgan fingerprint density at radius 3 is 2.05 bits per heavy atom. The lowest BCUT2D eigenvalue weighted by Crippen LogP contribution is -2.10. The number of pyridine rings is 2. The van der Waals surface area contributed by atoms with Gasteiger partial charge in [0.25, 0.3) is 0 Å². The van der Waals surface area contributed by atoms with Crippen molar-refractivity contribution in [2.75, 3.05) is 11.1 Å². The summed E-state index contributed by atoms with van der Waals surface area (Å²) in [4.78, 5) is 7.76. The van der Waals surface area contributed by atoms with Crippen LogP contribution in [0.25, 0.3) is 0 Å². The third-order valence-corrected chi connectivity index (χ3v) is 3.57. The summed E-state index contributed by atoms with van der Waals surface area (Å²) in [6.07, 6.45) is 3.27. The predicted octanol–water partition coefficient (Wildman–Crippen LogP) is 5.40. The van der Waals surface area contributed by atoms with Gasteiger partial charge >= 0.3 is 0 Å². The zero-order valence-electron chi connectivity index (χ0n) is 11.4. The molecule has 0 fully saturated rings. The number of hydrogen-bond donors (Lipinski definition) is 2. The number of halogens is 4. The molecule has 0 aliphatic heterocycles. The van der Waals surface area contributed by atoms with Crippen LogP contribution in [-0.2, 0) is 0 Å². The molecule has 114 valence electrons. The molecule has 0 saturated heterocycles. The van der Waals surface area contributed by atoms with E-state index in [1.165, 1.54) is 0 Å². The maximum Gasteiger partial charge on any atom is 0.152 e. The minimum atomic E-state index is 0.346. The Morgan fingerprint density at radius 2 is 1.57 bits per heavy atom. The Morgan fingerprint density at radius 1 is 1.05 bits per heavy atom. The van der Waals surface area contributed by atoms with Gasteiger partial charge in [-0.15, -0.1) is 0 Å². The predicted molar refractivity (Wildman–Crippen MR) is 97.1 cm³/mol. The molecule has 21 heavy (non-hydrogen) atoms. The summed E-state index contributed by atoms with van der Waals surface area (Å²) in [5.74, 6) is 0. The van der Waals surface area contributed by atoms with Crippen molar-refractivity contribution in [1.82, 2.24) is 9.97 Å². The van der Waals surface area contributed by atoms with Crippen LogP contribution in [0.1, 0.15) is 13.8 Å². The van der Waals surface area contributed by atoms with E-state index in [0.717, 1.165) is 14.6 Å². The Hall–Kier alpha value is -0.560. The van der Waals surface area contributed by atoms with Crippen molar-refractivity contribution in [2.24, 2.45) is 0 Å². The second kappa shape index (κ2) is 8.78. The summed E-state index contributed by atoms with van der Waals surface area (Å²) in [7, 11) is 0. The highest BCUT2D eigenvalue weighted by molar-refractivity contribution is 9.10. The molecular formula is C13H14Br2Cl2N4. The lowest BCUT2D eigenvalue weighted by Gasteiger charge is -2.10. The molecule has 0 bridgehead atoms. The molecule has 0 atom stereocenters. The summed E-state index contributed by atoms with van der Waals surface area (Å²) in [5.41, 5.74) is 6.75. The van der Waals surface area contributed by atoms with Gasteiger partial charge in [0.15, 0.2) is 10.3 Å². The first kappa shape index (κ1) is 18.5. The minimum absolute atomic E-state index is 0.346. The fraction of sp³-hybridized carbons (Fsp3) is 0.231. The monoisotopic (exact) mass is 454 g/mol. The maximum absolute atomic E-state index is 5.85. The zero-order valence-corrected chi connectivity index (χ0v) is 16.1. The molecule has 2 aromatic heterocycles. The number of anilines is 2. The van der Waals surface area contributed by atoms with E-state index in [9.17, 15) is 0 Å². The number of aromatic nitrogens is 2. The molecule has 3 N–H and O–H groups in total. The van der Waals surface area contributed by atoms with Gasteiger partial charge in [0.1, 0.15) is 0 Å². The maximum atomic E-state index is 5.85. The van der Waals surface area contributed by atoms with Crippen LogP contribution in [0.4, 0.5) is 11.4 Å². The molecule has 2 rings (SSSR count). The molecule has 2 heterocycles. The Balaban J connectivity index is 0.000000219. The molecule has 0 radical (unpaired) electrons. The van der Waals surface area contributed by atoms with E-state index in [1.807, 2.05) is 6.07 Å². The number of nitrogen functional groups attached to an aromatic ring is 1. The second-order valence-corrected chi connectivity index (χ2v) is 6.87. The SMILES string of the molecule is CC(C)Nc1cc(Br)cnc1Cl.Nc1cc(Br)cnc1Cl. The average Bonchev–Trinajstić information content (AvgIpc) is 2.39. The van der Waals surface area contributed by atoms with Crippen molar-refractivity contribution in [2.45, 2.75) is 19.9 Å². The number of nitrogens with two attached hydrogens (primary N) is 1. The Kier molecular flexibility index (Phi) is 7.73. The zero-order chi connectivity index (χ0) is 16.0. The van der Waals surface area contributed by atoms with Gasteiger partial charge in [0.2, 0.25) is 0 Å². The van der Waals surface area contributed by atoms with Crippen LogP contribution in [0, 0.1) is 0 Å². The topological polar surface area (TPSA) is 63.8 Å². The lowest BCUT2D eigenvalue weighted by atomic mass is 10.3. The van der Waals surface area contributed by atoms with Crippen molar-refractivity contribution in [3.05, 3.63) is 43.8 Å². The molecule has 0 aliphatic rings. The van der Waals surface area contributed by atoms with Gasteiger partial charge in [-0.3, -0.25) is 0 Å². The molecule has 0 saturated carbocycles. The molecule has 0 unspecified atom stereocenters. The average molecular weight is 457 g/mol. The van der Waals surface area contributed by atoms with E-state index < -0.39 is 0 Å². The van der Waals surface area contributed by atoms with Crippen LogP contribution in [0.15, 0.2) is 33.5 Å². The van der Waals surface area contributed by atoms with Gasteiger partial charge < -0.3 is 11.1 Å². The number of rotatable bonds is 2. The van der Waals surface area contributed by atoms with Crippen molar-refractivity contribution in [3.63, 3.8) is 0 Å². The normalized spacial score (nSPS) is 10.0. The quantitative estimate of drug-likeness (QED) is 0.594. The summed E-state index contributed by atoms with van der Waals surface area (Å²) >= 11 is 17.9. The van der Waals surface area contributed by atoms with Crippen molar-refractivity contribution in [1.29, 1.82) is 0 Å². The van der Waals surface area contributed by atoms with Gasteiger partial charge in [-0.1, -0.05) is 23.2 Å². The van der Waals surface area contributed by atoms with E-state index >= 15 is 0 Å². The number of nitrogens with zero attached hydrogens (tertiary/aromatic N) is 2. The smallest absolute Gasteiger partial charge is 0.152 e. The van der Waals surface area contributed by atoms with E-state index in [4.69, 9.17) is 28.9 Å². The Labute approximate surface area is 150 Å². The van der Waals surface area contributed by atoms with Gasteiger partial charge in [0.05, 0.1) is 11.4 Å². The molecular weight excluding hydrogens is 443 g/mol. The third-order valence-electron chi connectivity index (χ3n) is 2.08. The highest BCUT2D eigenvalue weighted by Crippen LogP contribution is 2.23. The molecule has 0 amide bonds. The number of hydrogen-bond acceptors (Lipinski definition) is 4. The fourth-order valence-electron chi connectivity index (χ4n) is 1.27. The van der Waals surface area contributed by atoms with Gasteiger partial charge in [0, 0.05) is 27.4 Å². The third kappa shape index (κ3) is 6.82. The summed E-state index contributed by atoms with van der Waals surface area (Å²) in [6, 6.07) is 3.98. The van der Waals surface area contributed by atoms with E-state index in [2.05, 4.69) is 61.0 Å². The van der Waals surface area contributed by atoms with Gasteiger partial charge in [-0.2, -0.15) is 0 Å². The first-order valence-corrected chi connectivity index (χ1v) is 8.28. The van der Waals surface area contributed by atoms with E-state index in [-0.39, 0.29) is 0 Å². The summed E-state index contributed by atoms with van der Waals surface area (Å²) in [5, 5.41) is 4.04. The van der Waals surface area contributed by atoms with Crippen LogP contribution in [0.3, 0.4) is 0 Å². The molecule has 4 nitrogen and oxygen atoms in total. The van der Waals surface area contributed by atoms with E-state index in [0.29, 0.717) is 22.0 Å². The van der Waals surface area contributed by atoms with E-state index in [1.54, 1.807) is 18.5 Å². The first-order chi connectivity index (χ1) is 9.79. The van der Waals surface area contributed by atoms with Crippen LogP contribution in [0.2, 0.25) is 10.3 Å². The lowest BCUT2D eigenvalue weighted by molar-refractivity contribution is 0.897. The first-order valence-electron chi connectivity index (χ1n) is 5.93. The number of nitrogens with one attached hydrogen (secondary N) is 1. The summed E-state index contributed by atoms with van der Waals surface area (Å²) in [6.45, 7) is 4.11. The van der Waals surface area contributed by atoms with Gasteiger partial charge in [-0.05, 0) is 57.8 Å². The van der Waals surface area contributed by atoms with Crippen LogP contribution < -0.4 is 11.1 Å². The minimum Gasteiger partial charge on any atom is -0.396 e. The largest absolute Gasteiger partial charge is 0.396 e. The van der Waals surface area contributed by atoms with Crippen LogP contribution in [0.5, 0.6) is 0 Å². The Bertz CT molecular complexity index is 609. The molecule has 8 heteroatoms. The molecule has 0 aliphatic carbocycles. The van der Waals surface area contributed by atoms with Gasteiger partial charge in [-0.25, -0.2) is 9.97 Å². The fourth-order valence-corrected chi connectivity index (χ4v) is 2.21. The molecule has 0 spiro atoms.